The van der Waals surface area contributed by atoms with Gasteiger partial charge in [0.1, 0.15) is 11.0 Å². The summed E-state index contributed by atoms with van der Waals surface area (Å²) < 4.78 is 0. The summed E-state index contributed by atoms with van der Waals surface area (Å²) in [6.45, 7) is 7.87. The van der Waals surface area contributed by atoms with Crippen molar-refractivity contribution in [3.8, 4) is 10.6 Å². The summed E-state index contributed by atoms with van der Waals surface area (Å²) in [7, 11) is 0. The molecule has 0 bridgehead atoms. The molecule has 1 atom stereocenters. The quantitative estimate of drug-likeness (QED) is 0.588. The van der Waals surface area contributed by atoms with Crippen molar-refractivity contribution in [3.63, 3.8) is 0 Å². The predicted molar refractivity (Wildman–Crippen MR) is 121 cm³/mol. The van der Waals surface area contributed by atoms with Crippen LogP contribution in [0, 0.1) is 12.8 Å². The van der Waals surface area contributed by atoms with E-state index in [0.29, 0.717) is 10.7 Å². The minimum Gasteiger partial charge on any atom is -0.340 e. The topological polar surface area (TPSA) is 84.0 Å². The Balaban J connectivity index is 1.68. The van der Waals surface area contributed by atoms with E-state index in [0.717, 1.165) is 28.1 Å². The molecule has 0 aliphatic carbocycles. The maximum Gasteiger partial charge on any atom is 0.251 e. The van der Waals surface area contributed by atoms with Crippen molar-refractivity contribution in [2.45, 2.75) is 40.2 Å². The first kappa shape index (κ1) is 21.6. The van der Waals surface area contributed by atoms with Crippen LogP contribution in [0.1, 0.15) is 42.3 Å². The van der Waals surface area contributed by atoms with Gasteiger partial charge < -0.3 is 5.32 Å². The van der Waals surface area contributed by atoms with Crippen molar-refractivity contribution >= 4 is 28.3 Å². The van der Waals surface area contributed by atoms with Crippen molar-refractivity contribution in [1.29, 1.82) is 0 Å². The van der Waals surface area contributed by atoms with E-state index in [-0.39, 0.29) is 17.7 Å². The Bertz CT molecular complexity index is 1010. The fourth-order valence-electron chi connectivity index (χ4n) is 2.92. The van der Waals surface area contributed by atoms with Gasteiger partial charge in [-0.15, -0.1) is 10.2 Å². The van der Waals surface area contributed by atoms with Crippen LogP contribution >= 0.6 is 11.3 Å². The lowest BCUT2D eigenvalue weighted by molar-refractivity contribution is -0.118. The number of hydrogen-bond acceptors (Lipinski definition) is 5. The minimum absolute atomic E-state index is 0.0895. The zero-order valence-corrected chi connectivity index (χ0v) is 18.4. The molecule has 0 saturated heterocycles. The summed E-state index contributed by atoms with van der Waals surface area (Å²) in [4.78, 5) is 25.4. The lowest BCUT2D eigenvalue weighted by Crippen LogP contribution is -2.47. The molecule has 3 rings (SSSR count). The molecular formula is C23H26N4O2S. The third-order valence-corrected chi connectivity index (χ3v) is 5.70. The molecule has 0 saturated carbocycles. The Hall–Kier alpha value is -3.06. The van der Waals surface area contributed by atoms with Crippen molar-refractivity contribution in [2.75, 3.05) is 5.32 Å². The number of nitrogens with one attached hydrogen (secondary N) is 2. The van der Waals surface area contributed by atoms with Gasteiger partial charge in [0, 0.05) is 11.1 Å². The number of hydrogen-bond donors (Lipinski definition) is 2. The number of amides is 2. The summed E-state index contributed by atoms with van der Waals surface area (Å²) in [5.74, 6) is -0.674. The molecule has 7 heteroatoms. The molecule has 0 aliphatic rings. The van der Waals surface area contributed by atoms with E-state index in [4.69, 9.17) is 0 Å². The van der Waals surface area contributed by atoms with Gasteiger partial charge in [0.15, 0.2) is 0 Å². The first-order valence-corrected chi connectivity index (χ1v) is 10.8. The van der Waals surface area contributed by atoms with Gasteiger partial charge in [0.25, 0.3) is 5.91 Å². The SMILES string of the molecule is CCc1ccc(C(=O)NC(C(=O)Nc2nnc(-c3ccc(C)cc3)s2)C(C)C)cc1. The number of benzene rings is 2. The third-order valence-electron chi connectivity index (χ3n) is 4.81. The van der Waals surface area contributed by atoms with E-state index in [1.165, 1.54) is 11.3 Å². The lowest BCUT2D eigenvalue weighted by atomic mass is 10.0. The van der Waals surface area contributed by atoms with Crippen LogP contribution in [0.2, 0.25) is 0 Å². The van der Waals surface area contributed by atoms with Crippen LogP contribution in [-0.4, -0.2) is 28.1 Å². The number of aromatic nitrogens is 2. The summed E-state index contributed by atoms with van der Waals surface area (Å²) in [5.41, 5.74) is 3.80. The van der Waals surface area contributed by atoms with Crippen molar-refractivity contribution in [3.05, 3.63) is 65.2 Å². The van der Waals surface area contributed by atoms with Gasteiger partial charge in [-0.2, -0.15) is 0 Å². The Morgan fingerprint density at radius 3 is 2.27 bits per heavy atom. The van der Waals surface area contributed by atoms with Crippen LogP contribution in [0.5, 0.6) is 0 Å². The molecular weight excluding hydrogens is 396 g/mol. The molecule has 1 heterocycles. The van der Waals surface area contributed by atoms with Crippen LogP contribution in [0.15, 0.2) is 48.5 Å². The monoisotopic (exact) mass is 422 g/mol. The Kier molecular flexibility index (Phi) is 6.95. The Morgan fingerprint density at radius 1 is 1.00 bits per heavy atom. The normalized spacial score (nSPS) is 11.9. The molecule has 156 valence electrons. The number of anilines is 1. The van der Waals surface area contributed by atoms with E-state index in [1.807, 2.05) is 57.2 Å². The molecule has 1 unspecified atom stereocenters. The second kappa shape index (κ2) is 9.63. The number of nitrogens with zero attached hydrogens (tertiary/aromatic N) is 2. The van der Waals surface area contributed by atoms with Gasteiger partial charge in [-0.3, -0.25) is 14.9 Å². The molecule has 0 fully saturated rings. The van der Waals surface area contributed by atoms with Crippen LogP contribution in [0.4, 0.5) is 5.13 Å². The average Bonchev–Trinajstić information content (AvgIpc) is 3.20. The highest BCUT2D eigenvalue weighted by Gasteiger charge is 2.25. The van der Waals surface area contributed by atoms with Gasteiger partial charge in [0.05, 0.1) is 0 Å². The fraction of sp³-hybridized carbons (Fsp3) is 0.304. The van der Waals surface area contributed by atoms with Crippen LogP contribution < -0.4 is 10.6 Å². The highest BCUT2D eigenvalue weighted by Crippen LogP contribution is 2.26. The van der Waals surface area contributed by atoms with E-state index in [9.17, 15) is 9.59 Å². The van der Waals surface area contributed by atoms with Crippen molar-refractivity contribution in [2.24, 2.45) is 5.92 Å². The van der Waals surface area contributed by atoms with Gasteiger partial charge in [-0.25, -0.2) is 0 Å². The van der Waals surface area contributed by atoms with E-state index < -0.39 is 6.04 Å². The number of aryl methyl sites for hydroxylation is 2. The number of rotatable bonds is 7. The highest BCUT2D eigenvalue weighted by molar-refractivity contribution is 7.18. The van der Waals surface area contributed by atoms with Crippen molar-refractivity contribution < 1.29 is 9.59 Å². The molecule has 0 radical (unpaired) electrons. The van der Waals surface area contributed by atoms with Crippen LogP contribution in [0.25, 0.3) is 10.6 Å². The molecule has 3 aromatic rings. The van der Waals surface area contributed by atoms with Crippen LogP contribution in [0.3, 0.4) is 0 Å². The molecule has 0 aliphatic heterocycles. The minimum atomic E-state index is -0.685. The van der Waals surface area contributed by atoms with Gasteiger partial charge in [-0.1, -0.05) is 74.1 Å². The van der Waals surface area contributed by atoms with Crippen molar-refractivity contribution in [1.82, 2.24) is 15.5 Å². The Morgan fingerprint density at radius 2 is 1.67 bits per heavy atom. The summed E-state index contributed by atoms with van der Waals surface area (Å²) >= 11 is 1.30. The molecule has 30 heavy (non-hydrogen) atoms. The molecule has 2 N–H and O–H groups in total. The number of carbonyl (C=O) groups excluding carboxylic acids is 2. The highest BCUT2D eigenvalue weighted by atomic mass is 32.1. The van der Waals surface area contributed by atoms with Crippen LogP contribution in [-0.2, 0) is 11.2 Å². The zero-order valence-electron chi connectivity index (χ0n) is 17.6. The molecule has 1 aromatic heterocycles. The van der Waals surface area contributed by atoms with E-state index >= 15 is 0 Å². The molecule has 2 aromatic carbocycles. The second-order valence-electron chi connectivity index (χ2n) is 7.51. The summed E-state index contributed by atoms with van der Waals surface area (Å²) in [5, 5.41) is 15.0. The lowest BCUT2D eigenvalue weighted by Gasteiger charge is -2.21. The van der Waals surface area contributed by atoms with E-state index in [1.54, 1.807) is 12.1 Å². The number of carbonyl (C=O) groups is 2. The second-order valence-corrected chi connectivity index (χ2v) is 8.49. The zero-order chi connectivity index (χ0) is 21.7. The first-order valence-electron chi connectivity index (χ1n) is 9.98. The fourth-order valence-corrected chi connectivity index (χ4v) is 3.67. The van der Waals surface area contributed by atoms with Gasteiger partial charge in [-0.05, 0) is 37.0 Å². The summed E-state index contributed by atoms with van der Waals surface area (Å²) in [6.07, 6.45) is 0.908. The summed E-state index contributed by atoms with van der Waals surface area (Å²) in [6, 6.07) is 14.7. The molecule has 2 amide bonds. The maximum atomic E-state index is 12.8. The largest absolute Gasteiger partial charge is 0.340 e. The average molecular weight is 423 g/mol. The third kappa shape index (κ3) is 5.30. The smallest absolute Gasteiger partial charge is 0.251 e. The van der Waals surface area contributed by atoms with Gasteiger partial charge in [0.2, 0.25) is 11.0 Å². The molecule has 0 spiro atoms. The van der Waals surface area contributed by atoms with E-state index in [2.05, 4.69) is 27.8 Å². The first-order chi connectivity index (χ1) is 14.4. The predicted octanol–water partition coefficient (Wildman–Crippen LogP) is 4.47. The standard InChI is InChI=1S/C23H26N4O2S/c1-5-16-8-12-17(13-9-16)20(28)24-19(14(2)3)21(29)25-23-27-26-22(30-23)18-10-6-15(4)7-11-18/h6-14,19H,5H2,1-4H3,(H,24,28)(H,25,27,29). The maximum absolute atomic E-state index is 12.8. The Labute approximate surface area is 180 Å². The molecule has 6 nitrogen and oxygen atoms in total. The van der Waals surface area contributed by atoms with Gasteiger partial charge >= 0.3 is 0 Å².